The molecule has 0 radical (unpaired) electrons. The van der Waals surface area contributed by atoms with Crippen LogP contribution in [0.2, 0.25) is 0 Å². The Bertz CT molecular complexity index is 635. The van der Waals surface area contributed by atoms with Gasteiger partial charge in [-0.1, -0.05) is 18.2 Å². The van der Waals surface area contributed by atoms with E-state index < -0.39 is 29.3 Å². The summed E-state index contributed by atoms with van der Waals surface area (Å²) in [5, 5.41) is 0. The molecule has 3 nitrogen and oxygen atoms in total. The molecule has 0 aliphatic heterocycles. The van der Waals surface area contributed by atoms with Gasteiger partial charge < -0.3 is 11.5 Å². The number of halogens is 4. The van der Waals surface area contributed by atoms with Gasteiger partial charge in [-0.3, -0.25) is 0 Å². The van der Waals surface area contributed by atoms with Crippen LogP contribution >= 0.6 is 0 Å². The van der Waals surface area contributed by atoms with Crippen molar-refractivity contribution in [2.24, 2.45) is 11.5 Å². The maximum absolute atomic E-state index is 13.0. The van der Waals surface area contributed by atoms with Gasteiger partial charge in [0.15, 0.2) is 0 Å². The summed E-state index contributed by atoms with van der Waals surface area (Å²) in [7, 11) is 0. The van der Waals surface area contributed by atoms with Crippen LogP contribution in [0.15, 0.2) is 42.6 Å². The van der Waals surface area contributed by atoms with E-state index >= 15 is 0 Å². The van der Waals surface area contributed by atoms with E-state index in [2.05, 4.69) is 4.98 Å². The van der Waals surface area contributed by atoms with Crippen molar-refractivity contribution in [2.45, 2.75) is 24.7 Å². The summed E-state index contributed by atoms with van der Waals surface area (Å²) in [4.78, 5) is 3.53. The van der Waals surface area contributed by atoms with Gasteiger partial charge >= 0.3 is 6.18 Å². The van der Waals surface area contributed by atoms with Gasteiger partial charge in [0, 0.05) is 12.2 Å². The molecule has 0 amide bonds. The fraction of sp³-hybridized carbons (Fsp3) is 0.267. The summed E-state index contributed by atoms with van der Waals surface area (Å²) in [5.74, 6) is -0.678. The molecule has 0 aliphatic carbocycles. The first-order chi connectivity index (χ1) is 10.2. The van der Waals surface area contributed by atoms with Crippen LogP contribution in [-0.4, -0.2) is 11.0 Å². The van der Waals surface area contributed by atoms with E-state index in [0.29, 0.717) is 11.1 Å². The molecule has 1 aromatic heterocycles. The number of benzene rings is 1. The summed E-state index contributed by atoms with van der Waals surface area (Å²) >= 11 is 0. The molecule has 2 atom stereocenters. The summed E-state index contributed by atoms with van der Waals surface area (Å²) in [6, 6.07) is 6.35. The lowest BCUT2D eigenvalue weighted by Gasteiger charge is -2.34. The van der Waals surface area contributed by atoms with Gasteiger partial charge in [-0.05, 0) is 36.2 Å². The van der Waals surface area contributed by atoms with Gasteiger partial charge in [-0.2, -0.15) is 17.6 Å². The normalized spacial score (nSPS) is 16.1. The minimum absolute atomic E-state index is 0.393. The maximum atomic E-state index is 13.0. The summed E-state index contributed by atoms with van der Waals surface area (Å²) in [5.41, 5.74) is 11.0. The topological polar surface area (TPSA) is 64.9 Å². The Balaban J connectivity index is 2.50. The quantitative estimate of drug-likeness (QED) is 0.676. The third-order valence-corrected chi connectivity index (χ3v) is 3.61. The van der Waals surface area contributed by atoms with E-state index in [4.69, 9.17) is 11.5 Å². The minimum atomic E-state index is -4.43. The molecule has 2 rings (SSSR count). The Hall–Kier alpha value is -1.99. The summed E-state index contributed by atoms with van der Waals surface area (Å²) < 4.78 is 50.9. The highest BCUT2D eigenvalue weighted by Crippen LogP contribution is 2.33. The molecule has 118 valence electrons. The zero-order valence-electron chi connectivity index (χ0n) is 11.7. The molecule has 1 unspecified atom stereocenters. The maximum Gasteiger partial charge on any atom is 0.416 e. The molecule has 1 heterocycles. The highest BCUT2D eigenvalue weighted by atomic mass is 19.4. The Kier molecular flexibility index (Phi) is 4.21. The lowest BCUT2D eigenvalue weighted by Crippen LogP contribution is -2.51. The molecule has 22 heavy (non-hydrogen) atoms. The van der Waals surface area contributed by atoms with Crippen LogP contribution < -0.4 is 11.5 Å². The fourth-order valence-corrected chi connectivity index (χ4v) is 2.25. The van der Waals surface area contributed by atoms with E-state index in [1.807, 2.05) is 0 Å². The Morgan fingerprint density at radius 3 is 1.86 bits per heavy atom. The monoisotopic (exact) mass is 313 g/mol. The summed E-state index contributed by atoms with van der Waals surface area (Å²) in [6.45, 7) is 1.63. The first kappa shape index (κ1) is 16.4. The minimum Gasteiger partial charge on any atom is -0.326 e. The van der Waals surface area contributed by atoms with Crippen molar-refractivity contribution >= 4 is 0 Å². The number of aromatic nitrogens is 1. The molecule has 0 spiro atoms. The molecule has 0 bridgehead atoms. The van der Waals surface area contributed by atoms with Crippen LogP contribution in [0.3, 0.4) is 0 Å². The first-order valence-electron chi connectivity index (χ1n) is 6.50. The SMILES string of the molecule is C[C@H](N)C(N)(c1ccc(C(F)(F)F)cc1)c1ccc(F)nc1. The fourth-order valence-electron chi connectivity index (χ4n) is 2.25. The van der Waals surface area contributed by atoms with E-state index in [9.17, 15) is 17.6 Å². The molecule has 7 heteroatoms. The van der Waals surface area contributed by atoms with Gasteiger partial charge in [0.1, 0.15) is 0 Å². The highest BCUT2D eigenvalue weighted by Gasteiger charge is 2.36. The van der Waals surface area contributed by atoms with Gasteiger partial charge in [0.25, 0.3) is 0 Å². The largest absolute Gasteiger partial charge is 0.416 e. The van der Waals surface area contributed by atoms with E-state index in [1.165, 1.54) is 24.4 Å². The van der Waals surface area contributed by atoms with Crippen molar-refractivity contribution in [2.75, 3.05) is 0 Å². The second kappa shape index (κ2) is 5.66. The number of alkyl halides is 3. The van der Waals surface area contributed by atoms with Crippen LogP contribution in [0.25, 0.3) is 0 Å². The van der Waals surface area contributed by atoms with E-state index in [1.54, 1.807) is 6.92 Å². The standard InChI is InChI=1S/C15H15F4N3/c1-9(20)14(21,12-6-7-13(16)22-8-12)10-2-4-11(5-3-10)15(17,18)19/h2-9H,20-21H2,1H3/t9-,14?/m0/s1. The molecule has 0 aliphatic rings. The first-order valence-corrected chi connectivity index (χ1v) is 6.50. The van der Waals surface area contributed by atoms with Gasteiger partial charge in [-0.15, -0.1) is 0 Å². The van der Waals surface area contributed by atoms with Gasteiger partial charge in [-0.25, -0.2) is 4.98 Å². The lowest BCUT2D eigenvalue weighted by molar-refractivity contribution is -0.137. The zero-order valence-corrected chi connectivity index (χ0v) is 11.7. The lowest BCUT2D eigenvalue weighted by atomic mass is 9.79. The number of hydrogen-bond acceptors (Lipinski definition) is 3. The molecule has 0 fully saturated rings. The smallest absolute Gasteiger partial charge is 0.326 e. The molecule has 4 N–H and O–H groups in total. The number of pyridine rings is 1. The third kappa shape index (κ3) is 2.95. The number of nitrogens with two attached hydrogens (primary N) is 2. The average molecular weight is 313 g/mol. The van der Waals surface area contributed by atoms with Gasteiger partial charge in [0.05, 0.1) is 11.1 Å². The van der Waals surface area contributed by atoms with Crippen LogP contribution in [-0.2, 0) is 11.7 Å². The molecule has 2 aromatic rings. The number of nitrogens with zero attached hydrogens (tertiary/aromatic N) is 1. The van der Waals surface area contributed by atoms with Gasteiger partial charge in [0.2, 0.25) is 5.95 Å². The zero-order chi connectivity index (χ0) is 16.5. The third-order valence-electron chi connectivity index (χ3n) is 3.61. The van der Waals surface area contributed by atoms with Crippen molar-refractivity contribution in [1.82, 2.24) is 4.98 Å². The summed E-state index contributed by atoms with van der Waals surface area (Å²) in [6.07, 6.45) is -3.20. The van der Waals surface area contributed by atoms with Crippen molar-refractivity contribution in [3.05, 3.63) is 65.2 Å². The second-order valence-electron chi connectivity index (χ2n) is 5.10. The number of hydrogen-bond donors (Lipinski definition) is 2. The Morgan fingerprint density at radius 2 is 1.45 bits per heavy atom. The molecule has 0 saturated heterocycles. The highest BCUT2D eigenvalue weighted by molar-refractivity contribution is 5.40. The van der Waals surface area contributed by atoms with Crippen molar-refractivity contribution in [1.29, 1.82) is 0 Å². The van der Waals surface area contributed by atoms with Crippen LogP contribution in [0.4, 0.5) is 17.6 Å². The number of rotatable bonds is 3. The molecule has 1 aromatic carbocycles. The Morgan fingerprint density at radius 1 is 0.955 bits per heavy atom. The van der Waals surface area contributed by atoms with Crippen molar-refractivity contribution in [3.8, 4) is 0 Å². The molecule has 0 saturated carbocycles. The predicted molar refractivity (Wildman–Crippen MR) is 74.3 cm³/mol. The van der Waals surface area contributed by atoms with Crippen LogP contribution in [0, 0.1) is 5.95 Å². The van der Waals surface area contributed by atoms with Crippen LogP contribution in [0.5, 0.6) is 0 Å². The molecular formula is C15H15F4N3. The average Bonchev–Trinajstić information content (AvgIpc) is 2.46. The van der Waals surface area contributed by atoms with Crippen LogP contribution in [0.1, 0.15) is 23.6 Å². The van der Waals surface area contributed by atoms with E-state index in [-0.39, 0.29) is 0 Å². The Labute approximate surface area is 125 Å². The van der Waals surface area contributed by atoms with E-state index in [0.717, 1.165) is 18.2 Å². The predicted octanol–water partition coefficient (Wildman–Crippen LogP) is 2.79. The van der Waals surface area contributed by atoms with Crippen molar-refractivity contribution < 1.29 is 17.6 Å². The second-order valence-corrected chi connectivity index (χ2v) is 5.10. The van der Waals surface area contributed by atoms with Crippen molar-refractivity contribution in [3.63, 3.8) is 0 Å². The molecular weight excluding hydrogens is 298 g/mol.